The van der Waals surface area contributed by atoms with Gasteiger partial charge in [-0.05, 0) is 36.8 Å². The number of furan rings is 1. The van der Waals surface area contributed by atoms with Gasteiger partial charge in [-0.2, -0.15) is 0 Å². The molecule has 26 heavy (non-hydrogen) atoms. The molecule has 1 aliphatic rings. The average molecular weight is 353 g/mol. The molecule has 4 rings (SSSR count). The number of aryl methyl sites for hydroxylation is 1. The second kappa shape index (κ2) is 5.73. The largest absolute Gasteiger partial charge is 0.464 e. The Balaban J connectivity index is 1.85. The summed E-state index contributed by atoms with van der Waals surface area (Å²) in [4.78, 5) is 24.6. The van der Waals surface area contributed by atoms with Crippen LogP contribution in [0.2, 0.25) is 0 Å². The smallest absolute Gasteiger partial charge is 0.340 e. The minimum Gasteiger partial charge on any atom is -0.464 e. The summed E-state index contributed by atoms with van der Waals surface area (Å²) in [5.41, 5.74) is 3.00. The molecule has 1 N–H and O–H groups in total. The number of hydrogen-bond acceptors (Lipinski definition) is 4. The molecular weight excluding hydrogens is 330 g/mol. The predicted molar refractivity (Wildman–Crippen MR) is 101 cm³/mol. The van der Waals surface area contributed by atoms with Crippen molar-refractivity contribution in [2.45, 2.75) is 58.4 Å². The first kappa shape index (κ1) is 16.9. The van der Waals surface area contributed by atoms with Crippen molar-refractivity contribution in [3.63, 3.8) is 0 Å². The number of nitrogens with one attached hydrogen (secondary N) is 1. The highest BCUT2D eigenvalue weighted by Crippen LogP contribution is 2.35. The fourth-order valence-electron chi connectivity index (χ4n) is 3.36. The van der Waals surface area contributed by atoms with Gasteiger partial charge in [0, 0.05) is 28.4 Å². The van der Waals surface area contributed by atoms with Gasteiger partial charge >= 0.3 is 5.63 Å². The van der Waals surface area contributed by atoms with Gasteiger partial charge in [-0.1, -0.05) is 20.8 Å². The predicted octanol–water partition coefficient (Wildman–Crippen LogP) is 3.97. The Labute approximate surface area is 151 Å². The molecule has 5 nitrogen and oxygen atoms in total. The Morgan fingerprint density at radius 2 is 1.92 bits per heavy atom. The van der Waals surface area contributed by atoms with Gasteiger partial charge in [-0.15, -0.1) is 0 Å². The molecule has 2 aromatic heterocycles. The number of fused-ring (bicyclic) bond motifs is 2. The number of benzene rings is 1. The van der Waals surface area contributed by atoms with Gasteiger partial charge in [0.25, 0.3) is 0 Å². The number of carbonyl (C=O) groups excluding carboxylic acids is 1. The fourth-order valence-corrected chi connectivity index (χ4v) is 3.36. The van der Waals surface area contributed by atoms with Crippen LogP contribution in [0, 0.1) is 6.92 Å². The molecule has 1 amide bonds. The van der Waals surface area contributed by atoms with Crippen molar-refractivity contribution >= 4 is 27.8 Å². The zero-order valence-corrected chi connectivity index (χ0v) is 15.6. The number of hydrogen-bond donors (Lipinski definition) is 1. The molecule has 2 heterocycles. The van der Waals surface area contributed by atoms with Crippen molar-refractivity contribution in [1.29, 1.82) is 0 Å². The van der Waals surface area contributed by atoms with Gasteiger partial charge in [0.2, 0.25) is 5.91 Å². The van der Waals surface area contributed by atoms with Crippen molar-refractivity contribution in [3.8, 4) is 0 Å². The topological polar surface area (TPSA) is 72.5 Å². The van der Waals surface area contributed by atoms with Crippen molar-refractivity contribution in [2.75, 3.05) is 0 Å². The summed E-state index contributed by atoms with van der Waals surface area (Å²) in [7, 11) is 0. The first-order chi connectivity index (χ1) is 12.2. The molecule has 0 bridgehead atoms. The Morgan fingerprint density at radius 3 is 2.58 bits per heavy atom. The second-order valence-electron chi connectivity index (χ2n) is 8.26. The van der Waals surface area contributed by atoms with Gasteiger partial charge in [0.05, 0.1) is 18.2 Å². The van der Waals surface area contributed by atoms with Crippen LogP contribution >= 0.6 is 0 Å². The van der Waals surface area contributed by atoms with Crippen LogP contribution in [0.5, 0.6) is 0 Å². The monoisotopic (exact) mass is 353 g/mol. The van der Waals surface area contributed by atoms with E-state index in [1.54, 1.807) is 12.3 Å². The molecule has 5 heteroatoms. The van der Waals surface area contributed by atoms with Crippen LogP contribution in [0.1, 0.15) is 50.3 Å². The van der Waals surface area contributed by atoms with E-state index in [9.17, 15) is 9.59 Å². The highest BCUT2D eigenvalue weighted by molar-refractivity contribution is 5.97. The summed E-state index contributed by atoms with van der Waals surface area (Å²) in [5, 5.41) is 4.78. The van der Waals surface area contributed by atoms with E-state index in [2.05, 4.69) is 26.1 Å². The Bertz CT molecular complexity index is 1080. The number of rotatable bonds is 3. The van der Waals surface area contributed by atoms with E-state index in [1.807, 2.05) is 13.0 Å². The van der Waals surface area contributed by atoms with Gasteiger partial charge in [-0.3, -0.25) is 4.79 Å². The third-order valence-corrected chi connectivity index (χ3v) is 5.07. The third-order valence-electron chi connectivity index (χ3n) is 5.07. The summed E-state index contributed by atoms with van der Waals surface area (Å²) in [6.07, 6.45) is 3.85. The molecule has 3 aromatic rings. The van der Waals surface area contributed by atoms with Crippen LogP contribution in [-0.4, -0.2) is 11.9 Å². The first-order valence-electron chi connectivity index (χ1n) is 9.01. The van der Waals surface area contributed by atoms with Crippen molar-refractivity contribution in [1.82, 2.24) is 5.32 Å². The average Bonchev–Trinajstić information content (AvgIpc) is 3.25. The van der Waals surface area contributed by atoms with Crippen LogP contribution in [0.3, 0.4) is 0 Å². The molecule has 0 radical (unpaired) electrons. The van der Waals surface area contributed by atoms with Crippen molar-refractivity contribution in [3.05, 3.63) is 45.5 Å². The van der Waals surface area contributed by atoms with Crippen LogP contribution in [0.4, 0.5) is 0 Å². The lowest BCUT2D eigenvalue weighted by Crippen LogP contribution is -2.29. The van der Waals surface area contributed by atoms with E-state index in [4.69, 9.17) is 8.83 Å². The van der Waals surface area contributed by atoms with E-state index in [0.29, 0.717) is 16.7 Å². The van der Waals surface area contributed by atoms with Crippen molar-refractivity contribution < 1.29 is 13.6 Å². The molecule has 0 unspecified atom stereocenters. The maximum absolute atomic E-state index is 12.4. The molecule has 1 aliphatic carbocycles. The maximum atomic E-state index is 12.4. The summed E-state index contributed by atoms with van der Waals surface area (Å²) in [6, 6.07) is 4.05. The maximum Gasteiger partial charge on any atom is 0.340 e. The molecule has 0 aliphatic heterocycles. The van der Waals surface area contributed by atoms with Crippen LogP contribution in [0.25, 0.3) is 21.9 Å². The molecule has 1 aromatic carbocycles. The molecule has 136 valence electrons. The lowest BCUT2D eigenvalue weighted by molar-refractivity contribution is -0.120. The lowest BCUT2D eigenvalue weighted by Gasteiger charge is -2.16. The summed E-state index contributed by atoms with van der Waals surface area (Å²) < 4.78 is 11.2. The van der Waals surface area contributed by atoms with Gasteiger partial charge < -0.3 is 14.2 Å². The minimum atomic E-state index is -0.456. The molecular formula is C21H23NO4. The zero-order chi connectivity index (χ0) is 18.6. The van der Waals surface area contributed by atoms with E-state index >= 15 is 0 Å². The standard InChI is InChI=1S/C21H23NO4/c1-11-13-7-15-16(21(2,3)4)10-25-17(15)9-18(13)26-20(24)14(11)8-19(23)22-12-5-6-12/h7,9-10,12H,5-6,8H2,1-4H3,(H,22,23). The molecule has 1 saturated carbocycles. The normalized spacial score (nSPS) is 14.9. The Kier molecular flexibility index (Phi) is 3.72. The van der Waals surface area contributed by atoms with Crippen molar-refractivity contribution in [2.24, 2.45) is 0 Å². The highest BCUT2D eigenvalue weighted by Gasteiger charge is 2.25. The molecule has 1 fully saturated rings. The number of carbonyl (C=O) groups is 1. The van der Waals surface area contributed by atoms with Crippen LogP contribution in [0.15, 0.2) is 32.0 Å². The summed E-state index contributed by atoms with van der Waals surface area (Å²) >= 11 is 0. The van der Waals surface area contributed by atoms with Crippen LogP contribution < -0.4 is 10.9 Å². The molecule has 0 saturated heterocycles. The Hall–Kier alpha value is -2.56. The van der Waals surface area contributed by atoms with E-state index in [-0.39, 0.29) is 23.8 Å². The third kappa shape index (κ3) is 2.91. The first-order valence-corrected chi connectivity index (χ1v) is 9.01. The SMILES string of the molecule is Cc1c(CC(=O)NC2CC2)c(=O)oc2cc3occ(C(C)(C)C)c3cc12. The Morgan fingerprint density at radius 1 is 1.19 bits per heavy atom. The number of amides is 1. The van der Waals surface area contributed by atoms with Gasteiger partial charge in [0.15, 0.2) is 0 Å². The molecule has 0 atom stereocenters. The summed E-state index contributed by atoms with van der Waals surface area (Å²) in [5.74, 6) is -0.123. The highest BCUT2D eigenvalue weighted by atomic mass is 16.4. The van der Waals surface area contributed by atoms with Gasteiger partial charge in [-0.25, -0.2) is 4.79 Å². The summed E-state index contributed by atoms with van der Waals surface area (Å²) in [6.45, 7) is 8.27. The lowest BCUT2D eigenvalue weighted by atomic mass is 9.86. The second-order valence-corrected chi connectivity index (χ2v) is 8.26. The van der Waals surface area contributed by atoms with Gasteiger partial charge in [0.1, 0.15) is 11.2 Å². The van der Waals surface area contributed by atoms with E-state index in [1.165, 1.54) is 0 Å². The van der Waals surface area contributed by atoms with Crippen LogP contribution in [-0.2, 0) is 16.6 Å². The fraction of sp³-hybridized carbons (Fsp3) is 0.429. The minimum absolute atomic E-state index is 0.0517. The zero-order valence-electron chi connectivity index (χ0n) is 15.6. The molecule has 0 spiro atoms. The quantitative estimate of drug-likeness (QED) is 0.723. The van der Waals surface area contributed by atoms with E-state index in [0.717, 1.165) is 34.7 Å². The van der Waals surface area contributed by atoms with E-state index < -0.39 is 5.63 Å².